The van der Waals surface area contributed by atoms with Crippen LogP contribution in [0.1, 0.15) is 27.7 Å². The summed E-state index contributed by atoms with van der Waals surface area (Å²) in [6.07, 6.45) is 0. The van der Waals surface area contributed by atoms with E-state index in [0.29, 0.717) is 0 Å². The van der Waals surface area contributed by atoms with E-state index in [1.165, 1.54) is 0 Å². The molecule has 22 heavy (non-hydrogen) atoms. The van der Waals surface area contributed by atoms with Crippen LogP contribution in [0.4, 0.5) is 11.4 Å². The molecule has 0 saturated heterocycles. The second-order valence-corrected chi connectivity index (χ2v) is 6.48. The third-order valence-corrected chi connectivity index (χ3v) is 4.15. The first-order valence-corrected chi connectivity index (χ1v) is 7.57. The van der Waals surface area contributed by atoms with Crippen LogP contribution in [-0.2, 0) is 0 Å². The summed E-state index contributed by atoms with van der Waals surface area (Å²) < 4.78 is 0. The third kappa shape index (κ3) is 4.23. The Bertz CT molecular complexity index is 511. The maximum atomic E-state index is 3.40. The van der Waals surface area contributed by atoms with Crippen molar-refractivity contribution in [3.8, 4) is 0 Å². The fraction of sp³-hybridized carbons (Fsp3) is 0.333. The van der Waals surface area contributed by atoms with E-state index in [2.05, 4.69) is 49.4 Å². The average molecular weight is 298 g/mol. The van der Waals surface area contributed by atoms with Crippen LogP contribution in [0, 0.1) is 0 Å². The number of hydrogen-bond acceptors (Lipinski definition) is 4. The van der Waals surface area contributed by atoms with Gasteiger partial charge in [-0.15, -0.1) is 0 Å². The summed E-state index contributed by atoms with van der Waals surface area (Å²) in [6, 6.07) is 20.2. The van der Waals surface area contributed by atoms with Gasteiger partial charge >= 0.3 is 0 Å². The number of anilines is 2. The predicted molar refractivity (Wildman–Crippen MR) is 94.6 cm³/mol. The Morgan fingerprint density at radius 1 is 0.545 bits per heavy atom. The molecule has 0 fully saturated rings. The molecule has 0 aromatic heterocycles. The van der Waals surface area contributed by atoms with Crippen molar-refractivity contribution < 1.29 is 0 Å². The van der Waals surface area contributed by atoms with E-state index in [9.17, 15) is 0 Å². The highest BCUT2D eigenvalue weighted by molar-refractivity contribution is 5.42. The highest BCUT2D eigenvalue weighted by Crippen LogP contribution is 2.21. The smallest absolute Gasteiger partial charge is 0.0508 e. The molecule has 0 aliphatic heterocycles. The molecule has 0 aliphatic rings. The van der Waals surface area contributed by atoms with Crippen molar-refractivity contribution in [3.63, 3.8) is 0 Å². The van der Waals surface area contributed by atoms with Gasteiger partial charge in [-0.1, -0.05) is 36.4 Å². The van der Waals surface area contributed by atoms with Gasteiger partial charge < -0.3 is 10.9 Å². The Morgan fingerprint density at radius 2 is 0.864 bits per heavy atom. The molecule has 2 rings (SSSR count). The van der Waals surface area contributed by atoms with E-state index in [1.54, 1.807) is 0 Å². The lowest BCUT2D eigenvalue weighted by molar-refractivity contribution is 0.216. The Hall–Kier alpha value is -2.04. The quantitative estimate of drug-likeness (QED) is 0.588. The molecule has 2 aromatic carbocycles. The second-order valence-electron chi connectivity index (χ2n) is 6.48. The number of hydrazine groups is 2. The van der Waals surface area contributed by atoms with Crippen LogP contribution in [0.5, 0.6) is 0 Å². The van der Waals surface area contributed by atoms with Gasteiger partial charge in [0, 0.05) is 11.4 Å². The van der Waals surface area contributed by atoms with E-state index in [-0.39, 0.29) is 11.1 Å². The standard InChI is InChI=1S/C18H26N4/c1-17(2,21-19-15-11-7-5-8-12-15)18(3,4)22-20-16-13-9-6-10-14-16/h5-14,19-22H,1-4H3. The van der Waals surface area contributed by atoms with Crippen LogP contribution in [0.15, 0.2) is 60.7 Å². The first-order chi connectivity index (χ1) is 10.4. The number of benzene rings is 2. The topological polar surface area (TPSA) is 48.1 Å². The van der Waals surface area contributed by atoms with Crippen LogP contribution in [0.2, 0.25) is 0 Å². The van der Waals surface area contributed by atoms with Crippen molar-refractivity contribution in [1.82, 2.24) is 10.9 Å². The molecule has 0 unspecified atom stereocenters. The molecule has 0 bridgehead atoms. The minimum atomic E-state index is -0.204. The minimum Gasteiger partial charge on any atom is -0.321 e. The fourth-order valence-corrected chi connectivity index (χ4v) is 1.81. The van der Waals surface area contributed by atoms with Crippen molar-refractivity contribution in [1.29, 1.82) is 0 Å². The molecule has 0 spiro atoms. The molecular formula is C18H26N4. The van der Waals surface area contributed by atoms with E-state index in [4.69, 9.17) is 0 Å². The number of nitrogens with one attached hydrogen (secondary N) is 4. The molecule has 4 heteroatoms. The molecule has 2 aromatic rings. The molecule has 4 nitrogen and oxygen atoms in total. The van der Waals surface area contributed by atoms with E-state index in [1.807, 2.05) is 60.7 Å². The fourth-order valence-electron chi connectivity index (χ4n) is 1.81. The monoisotopic (exact) mass is 298 g/mol. The molecule has 118 valence electrons. The summed E-state index contributed by atoms with van der Waals surface area (Å²) in [5.41, 5.74) is 15.0. The van der Waals surface area contributed by atoms with Gasteiger partial charge in [0.25, 0.3) is 0 Å². The molecule has 0 saturated carbocycles. The van der Waals surface area contributed by atoms with Crippen LogP contribution in [0.25, 0.3) is 0 Å². The van der Waals surface area contributed by atoms with E-state index >= 15 is 0 Å². The van der Waals surface area contributed by atoms with Crippen molar-refractivity contribution in [3.05, 3.63) is 60.7 Å². The summed E-state index contributed by atoms with van der Waals surface area (Å²) in [5.74, 6) is 0. The summed E-state index contributed by atoms with van der Waals surface area (Å²) in [4.78, 5) is 0. The van der Waals surface area contributed by atoms with Crippen LogP contribution in [0.3, 0.4) is 0 Å². The van der Waals surface area contributed by atoms with Crippen molar-refractivity contribution in [2.24, 2.45) is 0 Å². The van der Waals surface area contributed by atoms with Crippen LogP contribution < -0.4 is 21.7 Å². The lowest BCUT2D eigenvalue weighted by Crippen LogP contribution is -2.65. The molecule has 0 amide bonds. The van der Waals surface area contributed by atoms with E-state index < -0.39 is 0 Å². The molecule has 0 heterocycles. The third-order valence-electron chi connectivity index (χ3n) is 4.15. The molecule has 0 atom stereocenters. The van der Waals surface area contributed by atoms with Gasteiger partial charge in [0.05, 0.1) is 11.1 Å². The first kappa shape index (κ1) is 16.3. The average Bonchev–Trinajstić information content (AvgIpc) is 2.53. The van der Waals surface area contributed by atoms with Gasteiger partial charge in [-0.2, -0.15) is 0 Å². The van der Waals surface area contributed by atoms with Gasteiger partial charge in [0.2, 0.25) is 0 Å². The minimum absolute atomic E-state index is 0.204. The molecular weight excluding hydrogens is 272 g/mol. The first-order valence-electron chi connectivity index (χ1n) is 7.57. The number of para-hydroxylation sites is 2. The largest absolute Gasteiger partial charge is 0.321 e. The zero-order valence-corrected chi connectivity index (χ0v) is 13.8. The van der Waals surface area contributed by atoms with Gasteiger partial charge in [-0.05, 0) is 52.0 Å². The van der Waals surface area contributed by atoms with Crippen molar-refractivity contribution in [2.45, 2.75) is 38.8 Å². The SMILES string of the molecule is CC(C)(NNc1ccccc1)C(C)(C)NNc1ccccc1. The summed E-state index contributed by atoms with van der Waals surface area (Å²) >= 11 is 0. The van der Waals surface area contributed by atoms with Crippen molar-refractivity contribution >= 4 is 11.4 Å². The zero-order chi connectivity index (χ0) is 16.1. The molecule has 0 aliphatic carbocycles. The summed E-state index contributed by atoms with van der Waals surface area (Å²) in [7, 11) is 0. The Labute approximate surface area is 133 Å². The van der Waals surface area contributed by atoms with Crippen molar-refractivity contribution in [2.75, 3.05) is 10.9 Å². The predicted octanol–water partition coefficient (Wildman–Crippen LogP) is 3.78. The second kappa shape index (κ2) is 6.81. The van der Waals surface area contributed by atoms with Gasteiger partial charge in [-0.3, -0.25) is 0 Å². The Morgan fingerprint density at radius 3 is 1.18 bits per heavy atom. The maximum absolute atomic E-state index is 3.40. The maximum Gasteiger partial charge on any atom is 0.0508 e. The van der Waals surface area contributed by atoms with Crippen LogP contribution >= 0.6 is 0 Å². The van der Waals surface area contributed by atoms with E-state index in [0.717, 1.165) is 11.4 Å². The molecule has 0 radical (unpaired) electrons. The molecule has 4 N–H and O–H groups in total. The van der Waals surface area contributed by atoms with Gasteiger partial charge in [-0.25, -0.2) is 10.9 Å². The summed E-state index contributed by atoms with van der Waals surface area (Å²) in [6.45, 7) is 8.62. The lowest BCUT2D eigenvalue weighted by Gasteiger charge is -2.43. The lowest BCUT2D eigenvalue weighted by atomic mass is 9.84. The highest BCUT2D eigenvalue weighted by atomic mass is 15.5. The van der Waals surface area contributed by atoms with Gasteiger partial charge in [0.15, 0.2) is 0 Å². The number of hydrogen-bond donors (Lipinski definition) is 4. The highest BCUT2D eigenvalue weighted by Gasteiger charge is 2.36. The Kier molecular flexibility index (Phi) is 5.06. The zero-order valence-electron chi connectivity index (χ0n) is 13.8. The number of rotatable bonds is 7. The van der Waals surface area contributed by atoms with Crippen LogP contribution in [-0.4, -0.2) is 11.1 Å². The Balaban J connectivity index is 1.93. The normalized spacial score (nSPS) is 12.0. The summed E-state index contributed by atoms with van der Waals surface area (Å²) in [5, 5.41) is 0. The van der Waals surface area contributed by atoms with Gasteiger partial charge in [0.1, 0.15) is 0 Å².